The average Bonchev–Trinajstić information content (AvgIpc) is 2.54. The predicted molar refractivity (Wildman–Crippen MR) is 99.0 cm³/mol. The van der Waals surface area contributed by atoms with Crippen LogP contribution in [0.25, 0.3) is 0 Å². The monoisotopic (exact) mass is 350 g/mol. The first-order valence-corrected chi connectivity index (χ1v) is 8.91. The second kappa shape index (κ2) is 6.78. The number of benzene rings is 1. The van der Waals surface area contributed by atoms with E-state index >= 15 is 0 Å². The minimum atomic E-state index is -0.0655. The van der Waals surface area contributed by atoms with Crippen molar-refractivity contribution in [2.75, 3.05) is 31.5 Å². The molecule has 0 atom stereocenters. The van der Waals surface area contributed by atoms with Gasteiger partial charge in [-0.05, 0) is 29.3 Å². The van der Waals surface area contributed by atoms with Gasteiger partial charge in [0.25, 0.3) is 0 Å². The Bertz CT molecular complexity index is 794. The van der Waals surface area contributed by atoms with Crippen molar-refractivity contribution in [1.29, 1.82) is 0 Å². The number of hydrogen-bond acceptors (Lipinski definition) is 3. The summed E-state index contributed by atoms with van der Waals surface area (Å²) in [5.41, 5.74) is 3.19. The molecule has 0 saturated carbocycles. The molecule has 2 aromatic rings. The van der Waals surface area contributed by atoms with Gasteiger partial charge in [0, 0.05) is 63.0 Å². The summed E-state index contributed by atoms with van der Waals surface area (Å²) in [5, 5.41) is 2.95. The second-order valence-corrected chi connectivity index (χ2v) is 7.06. The summed E-state index contributed by atoms with van der Waals surface area (Å²) in [6.07, 6.45) is 3.63. The number of urea groups is 1. The van der Waals surface area contributed by atoms with Crippen molar-refractivity contribution >= 4 is 17.6 Å². The molecule has 0 radical (unpaired) electrons. The lowest BCUT2D eigenvalue weighted by Gasteiger charge is -2.39. The van der Waals surface area contributed by atoms with Crippen LogP contribution >= 0.6 is 0 Å². The maximum absolute atomic E-state index is 12.3. The molecule has 4 rings (SSSR count). The number of anilines is 1. The zero-order chi connectivity index (χ0) is 18.1. The van der Waals surface area contributed by atoms with Gasteiger partial charge in [-0.25, -0.2) is 4.79 Å². The summed E-state index contributed by atoms with van der Waals surface area (Å²) in [6.45, 7) is 4.61. The quantitative estimate of drug-likeness (QED) is 0.925. The SMILES string of the molecule is CC(=O)N1CC(c2ccc(NC(=O)N3CC(c4cccnc4)C3)cc2)C1. The van der Waals surface area contributed by atoms with Gasteiger partial charge in [0.2, 0.25) is 5.91 Å². The highest BCUT2D eigenvalue weighted by Crippen LogP contribution is 2.29. The predicted octanol–water partition coefficient (Wildman–Crippen LogP) is 2.66. The molecule has 2 fully saturated rings. The number of carbonyl (C=O) groups excluding carboxylic acids is 2. The van der Waals surface area contributed by atoms with E-state index in [0.717, 1.165) is 31.9 Å². The number of likely N-dealkylation sites (tertiary alicyclic amines) is 2. The van der Waals surface area contributed by atoms with Crippen molar-refractivity contribution in [3.05, 3.63) is 59.9 Å². The van der Waals surface area contributed by atoms with E-state index in [-0.39, 0.29) is 11.9 Å². The molecule has 0 bridgehead atoms. The lowest BCUT2D eigenvalue weighted by atomic mass is 9.91. The Morgan fingerprint density at radius 3 is 2.23 bits per heavy atom. The molecule has 0 aliphatic carbocycles. The molecule has 0 unspecified atom stereocenters. The third kappa shape index (κ3) is 3.27. The number of carbonyl (C=O) groups is 2. The van der Waals surface area contributed by atoms with Gasteiger partial charge in [-0.2, -0.15) is 0 Å². The maximum atomic E-state index is 12.3. The van der Waals surface area contributed by atoms with Crippen LogP contribution in [0.3, 0.4) is 0 Å². The Kier molecular flexibility index (Phi) is 4.32. The highest BCUT2D eigenvalue weighted by Gasteiger charge is 2.32. The van der Waals surface area contributed by atoms with Gasteiger partial charge in [0.15, 0.2) is 0 Å². The fourth-order valence-electron chi connectivity index (χ4n) is 3.46. The van der Waals surface area contributed by atoms with E-state index in [4.69, 9.17) is 0 Å². The largest absolute Gasteiger partial charge is 0.342 e. The smallest absolute Gasteiger partial charge is 0.321 e. The van der Waals surface area contributed by atoms with Gasteiger partial charge in [0.1, 0.15) is 0 Å². The first-order chi connectivity index (χ1) is 12.6. The van der Waals surface area contributed by atoms with E-state index < -0.39 is 0 Å². The molecular weight excluding hydrogens is 328 g/mol. The standard InChI is InChI=1S/C20H22N4O2/c1-14(25)23-10-17(11-23)15-4-6-19(7-5-15)22-20(26)24-12-18(13-24)16-3-2-8-21-9-16/h2-9,17-18H,10-13H2,1H3,(H,22,26). The zero-order valence-corrected chi connectivity index (χ0v) is 14.8. The van der Waals surface area contributed by atoms with Crippen LogP contribution in [0, 0.1) is 0 Å². The number of nitrogens with zero attached hydrogens (tertiary/aromatic N) is 3. The van der Waals surface area contributed by atoms with E-state index in [2.05, 4.69) is 16.4 Å². The van der Waals surface area contributed by atoms with Crippen molar-refractivity contribution < 1.29 is 9.59 Å². The summed E-state index contributed by atoms with van der Waals surface area (Å²) in [5.74, 6) is 0.906. The summed E-state index contributed by atoms with van der Waals surface area (Å²) in [7, 11) is 0. The molecule has 3 heterocycles. The molecule has 6 nitrogen and oxygen atoms in total. The summed E-state index contributed by atoms with van der Waals surface area (Å²) < 4.78 is 0. The topological polar surface area (TPSA) is 65.5 Å². The number of aromatic nitrogens is 1. The molecule has 1 N–H and O–H groups in total. The van der Waals surface area contributed by atoms with E-state index in [1.165, 1.54) is 11.1 Å². The fraction of sp³-hybridized carbons (Fsp3) is 0.350. The highest BCUT2D eigenvalue weighted by atomic mass is 16.2. The molecule has 2 aliphatic heterocycles. The Morgan fingerprint density at radius 2 is 1.62 bits per heavy atom. The minimum Gasteiger partial charge on any atom is -0.342 e. The third-order valence-corrected chi connectivity index (χ3v) is 5.28. The second-order valence-electron chi connectivity index (χ2n) is 7.06. The molecule has 134 valence electrons. The van der Waals surface area contributed by atoms with Crippen LogP contribution in [-0.2, 0) is 4.79 Å². The normalized spacial score (nSPS) is 17.4. The molecule has 1 aromatic carbocycles. The summed E-state index contributed by atoms with van der Waals surface area (Å²) in [6, 6.07) is 11.9. The van der Waals surface area contributed by atoms with E-state index in [9.17, 15) is 9.59 Å². The van der Waals surface area contributed by atoms with Crippen molar-refractivity contribution in [3.8, 4) is 0 Å². The number of amides is 3. The molecule has 6 heteroatoms. The van der Waals surface area contributed by atoms with Gasteiger partial charge in [-0.15, -0.1) is 0 Å². The van der Waals surface area contributed by atoms with Crippen molar-refractivity contribution in [2.24, 2.45) is 0 Å². The van der Waals surface area contributed by atoms with Gasteiger partial charge >= 0.3 is 6.03 Å². The van der Waals surface area contributed by atoms with Crippen LogP contribution in [0.4, 0.5) is 10.5 Å². The van der Waals surface area contributed by atoms with Gasteiger partial charge in [-0.1, -0.05) is 18.2 Å². The van der Waals surface area contributed by atoms with Crippen LogP contribution < -0.4 is 5.32 Å². The van der Waals surface area contributed by atoms with Crippen LogP contribution in [0.5, 0.6) is 0 Å². The Balaban J connectivity index is 1.27. The Morgan fingerprint density at radius 1 is 0.962 bits per heavy atom. The molecular formula is C20H22N4O2. The first-order valence-electron chi connectivity index (χ1n) is 8.91. The van der Waals surface area contributed by atoms with Crippen molar-refractivity contribution in [3.63, 3.8) is 0 Å². The number of nitrogens with one attached hydrogen (secondary N) is 1. The summed E-state index contributed by atoms with van der Waals surface area (Å²) >= 11 is 0. The van der Waals surface area contributed by atoms with E-state index in [0.29, 0.717) is 11.8 Å². The van der Waals surface area contributed by atoms with Crippen LogP contribution in [0.2, 0.25) is 0 Å². The number of hydrogen-bond donors (Lipinski definition) is 1. The minimum absolute atomic E-state index is 0.0655. The van der Waals surface area contributed by atoms with Crippen molar-refractivity contribution in [1.82, 2.24) is 14.8 Å². The molecule has 1 aromatic heterocycles. The number of pyridine rings is 1. The molecule has 2 saturated heterocycles. The third-order valence-electron chi connectivity index (χ3n) is 5.28. The van der Waals surface area contributed by atoms with E-state index in [1.54, 1.807) is 13.1 Å². The number of rotatable bonds is 3. The highest BCUT2D eigenvalue weighted by molar-refractivity contribution is 5.90. The van der Waals surface area contributed by atoms with E-state index in [1.807, 2.05) is 46.3 Å². The zero-order valence-electron chi connectivity index (χ0n) is 14.8. The first kappa shape index (κ1) is 16.6. The Hall–Kier alpha value is -2.89. The average molecular weight is 350 g/mol. The van der Waals surface area contributed by atoms with Crippen LogP contribution in [0.1, 0.15) is 29.9 Å². The maximum Gasteiger partial charge on any atom is 0.321 e. The summed E-state index contributed by atoms with van der Waals surface area (Å²) in [4.78, 5) is 31.4. The Labute approximate surface area is 152 Å². The van der Waals surface area contributed by atoms with Crippen molar-refractivity contribution in [2.45, 2.75) is 18.8 Å². The molecule has 0 spiro atoms. The molecule has 3 amide bonds. The van der Waals surface area contributed by atoms with Gasteiger partial charge in [-0.3, -0.25) is 9.78 Å². The lowest BCUT2D eigenvalue weighted by molar-refractivity contribution is -0.133. The van der Waals surface area contributed by atoms with Crippen LogP contribution in [0.15, 0.2) is 48.8 Å². The lowest BCUT2D eigenvalue weighted by Crippen LogP contribution is -2.50. The molecule has 2 aliphatic rings. The fourth-order valence-corrected chi connectivity index (χ4v) is 3.46. The van der Waals surface area contributed by atoms with Gasteiger partial charge < -0.3 is 15.1 Å². The van der Waals surface area contributed by atoms with Crippen LogP contribution in [-0.4, -0.2) is 52.9 Å². The molecule has 26 heavy (non-hydrogen) atoms. The van der Waals surface area contributed by atoms with Gasteiger partial charge in [0.05, 0.1) is 0 Å².